The molecule has 3 rings (SSSR count). The Labute approximate surface area is 108 Å². The maximum atomic E-state index is 10.8. The van der Waals surface area contributed by atoms with Gasteiger partial charge >= 0.3 is 0 Å². The summed E-state index contributed by atoms with van der Waals surface area (Å²) in [6.07, 6.45) is 5.78. The van der Waals surface area contributed by atoms with Crippen LogP contribution >= 0.6 is 0 Å². The van der Waals surface area contributed by atoms with Gasteiger partial charge < -0.3 is 10.2 Å². The lowest BCUT2D eigenvalue weighted by Gasteiger charge is -2.46. The highest BCUT2D eigenvalue weighted by Crippen LogP contribution is 2.37. The molecule has 2 heterocycles. The molecule has 0 aromatic heterocycles. The molecule has 2 fully saturated rings. The molecule has 1 aromatic carbocycles. The summed E-state index contributed by atoms with van der Waals surface area (Å²) in [4.78, 5) is 2.44. The number of benzene rings is 1. The van der Waals surface area contributed by atoms with Crippen LogP contribution in [0.2, 0.25) is 0 Å². The van der Waals surface area contributed by atoms with Crippen LogP contribution in [0.15, 0.2) is 24.3 Å². The number of hydrogen-bond donors (Lipinski definition) is 2. The Morgan fingerprint density at radius 2 is 1.89 bits per heavy atom. The standard InChI is InChI=1S/C15H21NO2/c17-14-6-4-12(5-7-14)15(18)9-8-13-3-1-2-10-16(13)11-15/h4-7,13,17-18H,1-3,8-11H2. The fourth-order valence-electron chi connectivity index (χ4n) is 3.42. The van der Waals surface area contributed by atoms with E-state index < -0.39 is 5.60 Å². The summed E-state index contributed by atoms with van der Waals surface area (Å²) >= 11 is 0. The van der Waals surface area contributed by atoms with E-state index in [1.54, 1.807) is 12.1 Å². The highest BCUT2D eigenvalue weighted by Gasteiger charge is 2.39. The van der Waals surface area contributed by atoms with Crippen LogP contribution < -0.4 is 0 Å². The van der Waals surface area contributed by atoms with Gasteiger partial charge in [0.2, 0.25) is 0 Å². The third-order valence-corrected chi connectivity index (χ3v) is 4.51. The van der Waals surface area contributed by atoms with Crippen molar-refractivity contribution in [3.63, 3.8) is 0 Å². The van der Waals surface area contributed by atoms with Crippen LogP contribution in [0.5, 0.6) is 5.75 Å². The van der Waals surface area contributed by atoms with Crippen LogP contribution in [0.4, 0.5) is 0 Å². The summed E-state index contributed by atoms with van der Waals surface area (Å²) in [6, 6.07) is 7.70. The summed E-state index contributed by atoms with van der Waals surface area (Å²) < 4.78 is 0. The van der Waals surface area contributed by atoms with Crippen molar-refractivity contribution in [3.8, 4) is 5.75 Å². The molecule has 0 spiro atoms. The van der Waals surface area contributed by atoms with Crippen LogP contribution in [0.3, 0.4) is 0 Å². The summed E-state index contributed by atoms with van der Waals surface area (Å²) in [6.45, 7) is 1.85. The van der Waals surface area contributed by atoms with Gasteiger partial charge in [-0.3, -0.25) is 4.90 Å². The maximum Gasteiger partial charge on any atom is 0.115 e. The largest absolute Gasteiger partial charge is 0.508 e. The van der Waals surface area contributed by atoms with E-state index in [1.807, 2.05) is 12.1 Å². The summed E-state index contributed by atoms with van der Waals surface area (Å²) in [5.41, 5.74) is 0.200. The average Bonchev–Trinajstić information content (AvgIpc) is 2.39. The number of fused-ring (bicyclic) bond motifs is 1. The van der Waals surface area contributed by atoms with Gasteiger partial charge in [-0.05, 0) is 49.9 Å². The predicted octanol–water partition coefficient (Wildman–Crippen LogP) is 2.23. The van der Waals surface area contributed by atoms with E-state index in [0.29, 0.717) is 6.04 Å². The van der Waals surface area contributed by atoms with Gasteiger partial charge in [-0.1, -0.05) is 18.6 Å². The molecule has 2 saturated heterocycles. The minimum absolute atomic E-state index is 0.258. The summed E-state index contributed by atoms with van der Waals surface area (Å²) in [7, 11) is 0. The van der Waals surface area contributed by atoms with Gasteiger partial charge in [-0.25, -0.2) is 0 Å². The highest BCUT2D eigenvalue weighted by molar-refractivity contribution is 5.30. The summed E-state index contributed by atoms with van der Waals surface area (Å²) in [5.74, 6) is 0.258. The van der Waals surface area contributed by atoms with E-state index in [1.165, 1.54) is 19.3 Å². The number of hydrogen-bond acceptors (Lipinski definition) is 3. The predicted molar refractivity (Wildman–Crippen MR) is 70.4 cm³/mol. The van der Waals surface area contributed by atoms with Crippen LogP contribution in [-0.4, -0.2) is 34.2 Å². The number of aliphatic hydroxyl groups is 1. The molecule has 98 valence electrons. The molecular weight excluding hydrogens is 226 g/mol. The van der Waals surface area contributed by atoms with Crippen molar-refractivity contribution in [1.29, 1.82) is 0 Å². The van der Waals surface area contributed by atoms with Crippen molar-refractivity contribution >= 4 is 0 Å². The first-order chi connectivity index (χ1) is 8.67. The maximum absolute atomic E-state index is 10.8. The molecule has 2 N–H and O–H groups in total. The van der Waals surface area contributed by atoms with Crippen molar-refractivity contribution in [1.82, 2.24) is 4.90 Å². The molecular formula is C15H21NO2. The second-order valence-corrected chi connectivity index (χ2v) is 5.74. The first-order valence-electron chi connectivity index (χ1n) is 6.93. The van der Waals surface area contributed by atoms with Crippen LogP contribution in [0, 0.1) is 0 Å². The van der Waals surface area contributed by atoms with Crippen molar-refractivity contribution < 1.29 is 10.2 Å². The zero-order chi connectivity index (χ0) is 12.6. The SMILES string of the molecule is Oc1ccc(C2(O)CCC3CCCCN3C2)cc1. The molecule has 3 heteroatoms. The lowest BCUT2D eigenvalue weighted by Crippen LogP contribution is -2.52. The lowest BCUT2D eigenvalue weighted by molar-refractivity contribution is -0.0661. The number of aromatic hydroxyl groups is 1. The van der Waals surface area contributed by atoms with Gasteiger partial charge in [-0.15, -0.1) is 0 Å². The molecule has 0 radical (unpaired) electrons. The van der Waals surface area contributed by atoms with E-state index in [0.717, 1.165) is 31.5 Å². The Morgan fingerprint density at radius 3 is 2.67 bits per heavy atom. The monoisotopic (exact) mass is 247 g/mol. The van der Waals surface area contributed by atoms with Crippen molar-refractivity contribution in [2.45, 2.75) is 43.7 Å². The van der Waals surface area contributed by atoms with Gasteiger partial charge in [0.25, 0.3) is 0 Å². The molecule has 0 bridgehead atoms. The molecule has 1 aromatic rings. The second kappa shape index (κ2) is 4.56. The Balaban J connectivity index is 1.80. The fraction of sp³-hybridized carbons (Fsp3) is 0.600. The lowest BCUT2D eigenvalue weighted by atomic mass is 9.80. The fourth-order valence-corrected chi connectivity index (χ4v) is 3.42. The molecule has 2 atom stereocenters. The highest BCUT2D eigenvalue weighted by atomic mass is 16.3. The zero-order valence-corrected chi connectivity index (χ0v) is 10.7. The second-order valence-electron chi connectivity index (χ2n) is 5.74. The normalized spacial score (nSPS) is 33.1. The van der Waals surface area contributed by atoms with E-state index in [2.05, 4.69) is 4.90 Å². The molecule has 2 aliphatic heterocycles. The van der Waals surface area contributed by atoms with E-state index in [-0.39, 0.29) is 5.75 Å². The zero-order valence-electron chi connectivity index (χ0n) is 10.7. The molecule has 18 heavy (non-hydrogen) atoms. The number of rotatable bonds is 1. The van der Waals surface area contributed by atoms with Gasteiger partial charge in [0.1, 0.15) is 11.4 Å². The Kier molecular flexibility index (Phi) is 3.04. The first kappa shape index (κ1) is 12.0. The van der Waals surface area contributed by atoms with Crippen molar-refractivity contribution in [2.75, 3.05) is 13.1 Å². The number of nitrogens with zero attached hydrogens (tertiary/aromatic N) is 1. The van der Waals surface area contributed by atoms with E-state index in [9.17, 15) is 10.2 Å². The molecule has 0 aliphatic carbocycles. The van der Waals surface area contributed by atoms with Crippen LogP contribution in [0.25, 0.3) is 0 Å². The van der Waals surface area contributed by atoms with Gasteiger partial charge in [-0.2, -0.15) is 0 Å². The Hall–Kier alpha value is -1.06. The smallest absolute Gasteiger partial charge is 0.115 e. The first-order valence-corrected chi connectivity index (χ1v) is 6.93. The van der Waals surface area contributed by atoms with Crippen molar-refractivity contribution in [2.24, 2.45) is 0 Å². The molecule has 2 aliphatic rings. The minimum atomic E-state index is -0.735. The van der Waals surface area contributed by atoms with Gasteiger partial charge in [0.15, 0.2) is 0 Å². The average molecular weight is 247 g/mol. The molecule has 3 nitrogen and oxygen atoms in total. The van der Waals surface area contributed by atoms with E-state index in [4.69, 9.17) is 0 Å². The van der Waals surface area contributed by atoms with Gasteiger partial charge in [0.05, 0.1) is 0 Å². The Morgan fingerprint density at radius 1 is 1.11 bits per heavy atom. The quantitative estimate of drug-likeness (QED) is 0.800. The minimum Gasteiger partial charge on any atom is -0.508 e. The molecule has 0 saturated carbocycles. The molecule has 0 amide bonds. The van der Waals surface area contributed by atoms with Crippen LogP contribution in [-0.2, 0) is 5.60 Å². The third-order valence-electron chi connectivity index (χ3n) is 4.51. The van der Waals surface area contributed by atoms with Gasteiger partial charge in [0, 0.05) is 12.6 Å². The number of piperidine rings is 2. The third kappa shape index (κ3) is 2.13. The molecule has 2 unspecified atom stereocenters. The Bertz CT molecular complexity index is 417. The topological polar surface area (TPSA) is 43.7 Å². The number of phenolic OH excluding ortho intramolecular Hbond substituents is 1. The number of phenols is 1. The van der Waals surface area contributed by atoms with Crippen LogP contribution in [0.1, 0.15) is 37.7 Å². The van der Waals surface area contributed by atoms with Crippen molar-refractivity contribution in [3.05, 3.63) is 29.8 Å². The van der Waals surface area contributed by atoms with E-state index >= 15 is 0 Å². The summed E-state index contributed by atoms with van der Waals surface area (Å²) in [5, 5.41) is 20.2.